The topological polar surface area (TPSA) is 50.5 Å². The fourth-order valence-electron chi connectivity index (χ4n) is 2.86. The van der Waals surface area contributed by atoms with Gasteiger partial charge in [-0.1, -0.05) is 6.92 Å². The summed E-state index contributed by atoms with van der Waals surface area (Å²) in [6, 6.07) is 11.3. The van der Waals surface area contributed by atoms with Crippen molar-refractivity contribution in [2.75, 3.05) is 17.2 Å². The van der Waals surface area contributed by atoms with Gasteiger partial charge in [0.05, 0.1) is 23.0 Å². The summed E-state index contributed by atoms with van der Waals surface area (Å²) in [4.78, 5) is 2.67. The van der Waals surface area contributed by atoms with Gasteiger partial charge in [0.25, 0.3) is 0 Å². The lowest BCUT2D eigenvalue weighted by Gasteiger charge is -2.25. The molecule has 1 aromatic carbocycles. The summed E-state index contributed by atoms with van der Waals surface area (Å²) in [7, 11) is -3.13. The Hall–Kier alpha value is -1.75. The zero-order valence-electron chi connectivity index (χ0n) is 12.0. The highest BCUT2D eigenvalue weighted by Crippen LogP contribution is 2.36. The molecule has 0 saturated carbocycles. The Morgan fingerprint density at radius 2 is 2.00 bits per heavy atom. The number of sulfone groups is 1. The second-order valence-electron chi connectivity index (χ2n) is 5.26. The summed E-state index contributed by atoms with van der Waals surface area (Å²) >= 11 is 0. The van der Waals surface area contributed by atoms with E-state index in [1.54, 1.807) is 25.3 Å². The summed E-state index contributed by atoms with van der Waals surface area (Å²) in [6.07, 6.45) is 3.87. The number of rotatable bonds is 4. The van der Waals surface area contributed by atoms with Crippen LogP contribution < -0.4 is 4.90 Å². The Bertz CT molecular complexity index is 690. The fourth-order valence-corrected chi connectivity index (χ4v) is 3.75. The largest absolute Gasteiger partial charge is 0.467 e. The Morgan fingerprint density at radius 3 is 2.62 bits per heavy atom. The van der Waals surface area contributed by atoms with Crippen LogP contribution in [0.2, 0.25) is 0 Å². The number of furan rings is 1. The van der Waals surface area contributed by atoms with Gasteiger partial charge in [-0.3, -0.25) is 0 Å². The van der Waals surface area contributed by atoms with Crippen molar-refractivity contribution in [2.45, 2.75) is 30.7 Å². The van der Waals surface area contributed by atoms with Gasteiger partial charge < -0.3 is 9.32 Å². The number of benzene rings is 1. The normalized spacial score (nSPS) is 19.1. The molecular weight excluding hydrogens is 286 g/mol. The molecule has 0 amide bonds. The molecule has 2 aromatic rings. The summed E-state index contributed by atoms with van der Waals surface area (Å²) in [5.74, 6) is 1.10. The molecule has 4 nitrogen and oxygen atoms in total. The summed E-state index contributed by atoms with van der Waals surface area (Å²) < 4.78 is 29.2. The second-order valence-corrected chi connectivity index (χ2v) is 7.54. The lowest BCUT2D eigenvalue weighted by Crippen LogP contribution is -2.22. The van der Waals surface area contributed by atoms with Gasteiger partial charge in [-0.2, -0.15) is 0 Å². The van der Waals surface area contributed by atoms with Crippen LogP contribution in [0.15, 0.2) is 52.0 Å². The van der Waals surface area contributed by atoms with Crippen molar-refractivity contribution in [1.82, 2.24) is 0 Å². The average molecular weight is 305 g/mol. The molecule has 5 heteroatoms. The molecule has 0 N–H and O–H groups in total. The van der Waals surface area contributed by atoms with E-state index in [0.717, 1.165) is 30.8 Å². The van der Waals surface area contributed by atoms with E-state index >= 15 is 0 Å². The van der Waals surface area contributed by atoms with Crippen LogP contribution in [0.5, 0.6) is 0 Å². The number of nitrogens with zero attached hydrogens (tertiary/aromatic N) is 1. The molecule has 1 aliphatic rings. The van der Waals surface area contributed by atoms with Crippen LogP contribution in [-0.4, -0.2) is 20.7 Å². The van der Waals surface area contributed by atoms with E-state index < -0.39 is 9.84 Å². The molecule has 1 aliphatic heterocycles. The third-order valence-electron chi connectivity index (χ3n) is 4.03. The first kappa shape index (κ1) is 14.2. The molecule has 1 saturated heterocycles. The summed E-state index contributed by atoms with van der Waals surface area (Å²) in [5.41, 5.74) is 1.05. The van der Waals surface area contributed by atoms with Crippen LogP contribution in [0.1, 0.15) is 31.6 Å². The maximum atomic E-state index is 11.9. The first-order chi connectivity index (χ1) is 10.1. The van der Waals surface area contributed by atoms with Crippen LogP contribution in [0.4, 0.5) is 5.69 Å². The lowest BCUT2D eigenvalue weighted by atomic mass is 10.1. The molecule has 3 rings (SSSR count). The quantitative estimate of drug-likeness (QED) is 0.868. The minimum atomic E-state index is -3.13. The molecule has 0 bridgehead atoms. The Balaban J connectivity index is 1.87. The van der Waals surface area contributed by atoms with Gasteiger partial charge in [0.15, 0.2) is 9.84 Å². The third-order valence-corrected chi connectivity index (χ3v) is 5.78. The molecule has 1 atom stereocenters. The van der Waals surface area contributed by atoms with Gasteiger partial charge in [0.2, 0.25) is 0 Å². The van der Waals surface area contributed by atoms with Gasteiger partial charge in [0.1, 0.15) is 5.76 Å². The van der Waals surface area contributed by atoms with Crippen LogP contribution in [0.3, 0.4) is 0 Å². The maximum Gasteiger partial charge on any atom is 0.178 e. The van der Waals surface area contributed by atoms with E-state index in [4.69, 9.17) is 4.42 Å². The molecule has 0 spiro atoms. The first-order valence-corrected chi connectivity index (χ1v) is 8.90. The zero-order valence-corrected chi connectivity index (χ0v) is 12.8. The minimum absolute atomic E-state index is 0.130. The summed E-state index contributed by atoms with van der Waals surface area (Å²) in [5, 5.41) is 0. The smallest absolute Gasteiger partial charge is 0.178 e. The first-order valence-electron chi connectivity index (χ1n) is 7.24. The van der Waals surface area contributed by atoms with Crippen LogP contribution in [-0.2, 0) is 9.84 Å². The van der Waals surface area contributed by atoms with E-state index in [-0.39, 0.29) is 11.8 Å². The zero-order chi connectivity index (χ0) is 14.9. The van der Waals surface area contributed by atoms with E-state index in [2.05, 4.69) is 4.90 Å². The highest BCUT2D eigenvalue weighted by atomic mass is 32.2. The van der Waals surface area contributed by atoms with Crippen LogP contribution >= 0.6 is 0 Å². The van der Waals surface area contributed by atoms with Crippen molar-refractivity contribution >= 4 is 15.5 Å². The van der Waals surface area contributed by atoms with Crippen molar-refractivity contribution < 1.29 is 12.8 Å². The van der Waals surface area contributed by atoms with Gasteiger partial charge in [-0.25, -0.2) is 8.42 Å². The van der Waals surface area contributed by atoms with Crippen molar-refractivity contribution in [3.63, 3.8) is 0 Å². The van der Waals surface area contributed by atoms with Crippen molar-refractivity contribution in [3.05, 3.63) is 48.4 Å². The average Bonchev–Trinajstić information content (AvgIpc) is 3.18. The van der Waals surface area contributed by atoms with E-state index in [0.29, 0.717) is 4.90 Å². The highest BCUT2D eigenvalue weighted by Gasteiger charge is 2.28. The second kappa shape index (κ2) is 5.56. The molecule has 0 aliphatic carbocycles. The van der Waals surface area contributed by atoms with Gasteiger partial charge in [0, 0.05) is 12.2 Å². The van der Waals surface area contributed by atoms with Crippen molar-refractivity contribution in [3.8, 4) is 0 Å². The van der Waals surface area contributed by atoms with E-state index in [9.17, 15) is 8.42 Å². The molecule has 21 heavy (non-hydrogen) atoms. The van der Waals surface area contributed by atoms with Gasteiger partial charge >= 0.3 is 0 Å². The molecular formula is C16H19NO3S. The number of anilines is 1. The molecule has 1 fully saturated rings. The maximum absolute atomic E-state index is 11.9. The van der Waals surface area contributed by atoms with E-state index in [1.165, 1.54) is 0 Å². The lowest BCUT2D eigenvalue weighted by molar-refractivity contribution is 0.465. The minimum Gasteiger partial charge on any atom is -0.467 e. The van der Waals surface area contributed by atoms with Crippen LogP contribution in [0, 0.1) is 0 Å². The Labute approximate surface area is 125 Å². The SMILES string of the molecule is CCS(=O)(=O)c1ccc(N2CCC[C@H]2c2ccco2)cc1. The van der Waals surface area contributed by atoms with Gasteiger partial charge in [-0.05, 0) is 49.2 Å². The molecule has 1 aromatic heterocycles. The molecule has 2 heterocycles. The molecule has 0 radical (unpaired) electrons. The van der Waals surface area contributed by atoms with E-state index in [1.807, 2.05) is 24.3 Å². The molecule has 0 unspecified atom stereocenters. The Kier molecular flexibility index (Phi) is 3.76. The molecule has 112 valence electrons. The monoisotopic (exact) mass is 305 g/mol. The fraction of sp³-hybridized carbons (Fsp3) is 0.375. The number of hydrogen-bond acceptors (Lipinski definition) is 4. The van der Waals surface area contributed by atoms with Crippen molar-refractivity contribution in [1.29, 1.82) is 0 Å². The van der Waals surface area contributed by atoms with Gasteiger partial charge in [-0.15, -0.1) is 0 Å². The number of hydrogen-bond donors (Lipinski definition) is 0. The summed E-state index contributed by atoms with van der Waals surface area (Å²) in [6.45, 7) is 2.63. The Morgan fingerprint density at radius 1 is 1.24 bits per heavy atom. The predicted octanol–water partition coefficient (Wildman–Crippen LogP) is 3.41. The standard InChI is InChI=1S/C16H19NO3S/c1-2-21(18,19)14-9-7-13(8-10-14)17-11-3-5-15(17)16-6-4-12-20-16/h4,6-10,12,15H,2-3,5,11H2,1H3/t15-/m0/s1. The third kappa shape index (κ3) is 2.70. The predicted molar refractivity (Wildman–Crippen MR) is 82.2 cm³/mol. The highest BCUT2D eigenvalue weighted by molar-refractivity contribution is 7.91. The van der Waals surface area contributed by atoms with Crippen molar-refractivity contribution in [2.24, 2.45) is 0 Å². The van der Waals surface area contributed by atoms with Crippen LogP contribution in [0.25, 0.3) is 0 Å².